The van der Waals surface area contributed by atoms with Gasteiger partial charge in [-0.05, 0) is 49.2 Å². The van der Waals surface area contributed by atoms with Crippen LogP contribution in [0.25, 0.3) is 11.0 Å². The summed E-state index contributed by atoms with van der Waals surface area (Å²) in [7, 11) is 0. The van der Waals surface area contributed by atoms with E-state index in [1.165, 1.54) is 12.1 Å². The Balaban J connectivity index is 1.29. The van der Waals surface area contributed by atoms with Crippen molar-refractivity contribution >= 4 is 16.9 Å². The van der Waals surface area contributed by atoms with Crippen molar-refractivity contribution in [3.05, 3.63) is 60.7 Å². The highest BCUT2D eigenvalue weighted by molar-refractivity contribution is 5.77. The number of carbonyl (C=O) groups is 1. The summed E-state index contributed by atoms with van der Waals surface area (Å²) in [6.07, 6.45) is 3.85. The summed E-state index contributed by atoms with van der Waals surface area (Å²) in [4.78, 5) is 16.3. The zero-order chi connectivity index (χ0) is 18.2. The smallest absolute Gasteiger partial charge is 0.221 e. The first kappa shape index (κ1) is 17.9. The van der Waals surface area contributed by atoms with Gasteiger partial charge in [0.05, 0.1) is 24.0 Å². The molecule has 136 valence electrons. The van der Waals surface area contributed by atoms with Crippen LogP contribution in [-0.2, 0) is 11.3 Å². The molecule has 0 atom stereocenters. The van der Waals surface area contributed by atoms with Crippen LogP contribution in [0, 0.1) is 5.82 Å². The first-order valence-corrected chi connectivity index (χ1v) is 8.77. The van der Waals surface area contributed by atoms with Crippen molar-refractivity contribution < 1.29 is 13.9 Å². The third-order valence-electron chi connectivity index (χ3n) is 4.08. The van der Waals surface area contributed by atoms with Gasteiger partial charge in [0.15, 0.2) is 0 Å². The number of nitrogens with zero attached hydrogens (tertiary/aromatic N) is 2. The third-order valence-corrected chi connectivity index (χ3v) is 4.08. The lowest BCUT2D eigenvalue weighted by Crippen LogP contribution is -2.25. The van der Waals surface area contributed by atoms with Gasteiger partial charge < -0.3 is 14.6 Å². The number of hydrogen-bond donors (Lipinski definition) is 1. The molecule has 3 rings (SSSR count). The normalized spacial score (nSPS) is 10.8. The molecule has 26 heavy (non-hydrogen) atoms. The van der Waals surface area contributed by atoms with Crippen LogP contribution in [0.15, 0.2) is 54.9 Å². The highest BCUT2D eigenvalue weighted by Crippen LogP contribution is 2.12. The maximum Gasteiger partial charge on any atom is 0.221 e. The predicted molar refractivity (Wildman–Crippen MR) is 98.5 cm³/mol. The summed E-state index contributed by atoms with van der Waals surface area (Å²) in [6.45, 7) is 1.78. The SMILES string of the molecule is O=C(CCn1cnc2ccccc21)NCCCCOc1ccc(F)cc1. The summed E-state index contributed by atoms with van der Waals surface area (Å²) >= 11 is 0. The van der Waals surface area contributed by atoms with Crippen LogP contribution in [-0.4, -0.2) is 28.6 Å². The molecule has 0 saturated carbocycles. The molecule has 0 bridgehead atoms. The summed E-state index contributed by atoms with van der Waals surface area (Å²) in [5, 5.41) is 2.92. The van der Waals surface area contributed by atoms with Gasteiger partial charge in [-0.1, -0.05) is 12.1 Å². The Morgan fingerprint density at radius 1 is 1.12 bits per heavy atom. The largest absolute Gasteiger partial charge is 0.494 e. The summed E-state index contributed by atoms with van der Waals surface area (Å²) in [5.74, 6) is 0.411. The number of carbonyl (C=O) groups excluding carboxylic acids is 1. The lowest BCUT2D eigenvalue weighted by atomic mass is 10.3. The van der Waals surface area contributed by atoms with Crippen molar-refractivity contribution in [2.75, 3.05) is 13.2 Å². The van der Waals surface area contributed by atoms with Crippen molar-refractivity contribution in [3.8, 4) is 5.75 Å². The van der Waals surface area contributed by atoms with Crippen LogP contribution >= 0.6 is 0 Å². The number of halogens is 1. The van der Waals surface area contributed by atoms with Crippen molar-refractivity contribution in [3.63, 3.8) is 0 Å². The zero-order valence-electron chi connectivity index (χ0n) is 14.5. The van der Waals surface area contributed by atoms with Crippen LogP contribution in [0.5, 0.6) is 5.75 Å². The van der Waals surface area contributed by atoms with Crippen LogP contribution in [0.1, 0.15) is 19.3 Å². The Bertz CT molecular complexity index is 846. The minimum Gasteiger partial charge on any atom is -0.494 e. The van der Waals surface area contributed by atoms with Gasteiger partial charge in [0, 0.05) is 19.5 Å². The van der Waals surface area contributed by atoms with Crippen molar-refractivity contribution in [1.82, 2.24) is 14.9 Å². The Labute approximate surface area is 151 Å². The Morgan fingerprint density at radius 2 is 1.92 bits per heavy atom. The maximum absolute atomic E-state index is 12.8. The van der Waals surface area contributed by atoms with Gasteiger partial charge in [0.25, 0.3) is 0 Å². The van der Waals surface area contributed by atoms with E-state index in [-0.39, 0.29) is 11.7 Å². The minimum absolute atomic E-state index is 0.0298. The van der Waals surface area contributed by atoms with Gasteiger partial charge in [-0.15, -0.1) is 0 Å². The minimum atomic E-state index is -0.274. The molecule has 5 nitrogen and oxygen atoms in total. The maximum atomic E-state index is 12.8. The molecular weight excluding hydrogens is 333 g/mol. The number of fused-ring (bicyclic) bond motifs is 1. The molecule has 1 aromatic heterocycles. The fraction of sp³-hybridized carbons (Fsp3) is 0.300. The van der Waals surface area contributed by atoms with E-state index in [1.807, 2.05) is 28.8 Å². The first-order chi connectivity index (χ1) is 12.7. The van der Waals surface area contributed by atoms with Gasteiger partial charge in [-0.25, -0.2) is 9.37 Å². The van der Waals surface area contributed by atoms with Gasteiger partial charge in [-0.3, -0.25) is 4.79 Å². The van der Waals surface area contributed by atoms with Gasteiger partial charge in [-0.2, -0.15) is 0 Å². The zero-order valence-corrected chi connectivity index (χ0v) is 14.5. The van der Waals surface area contributed by atoms with E-state index in [2.05, 4.69) is 10.3 Å². The lowest BCUT2D eigenvalue weighted by molar-refractivity contribution is -0.121. The number of unbranched alkanes of at least 4 members (excludes halogenated alkanes) is 1. The quantitative estimate of drug-likeness (QED) is 0.597. The molecule has 0 unspecified atom stereocenters. The fourth-order valence-corrected chi connectivity index (χ4v) is 2.67. The first-order valence-electron chi connectivity index (χ1n) is 8.77. The van der Waals surface area contributed by atoms with Crippen LogP contribution in [0.2, 0.25) is 0 Å². The molecule has 2 aromatic carbocycles. The average molecular weight is 355 g/mol. The van der Waals surface area contributed by atoms with Crippen LogP contribution < -0.4 is 10.1 Å². The second-order valence-electron chi connectivity index (χ2n) is 6.04. The van der Waals surface area contributed by atoms with E-state index in [1.54, 1.807) is 18.5 Å². The molecule has 0 spiro atoms. The molecule has 3 aromatic rings. The second kappa shape index (κ2) is 8.99. The fourth-order valence-electron chi connectivity index (χ4n) is 2.67. The van der Waals surface area contributed by atoms with E-state index in [0.29, 0.717) is 31.9 Å². The van der Waals surface area contributed by atoms with Crippen molar-refractivity contribution in [2.45, 2.75) is 25.8 Å². The summed E-state index contributed by atoms with van der Waals surface area (Å²) < 4.78 is 20.3. The molecule has 0 aliphatic heterocycles. The number of amides is 1. The number of benzene rings is 2. The van der Waals surface area contributed by atoms with Crippen molar-refractivity contribution in [1.29, 1.82) is 0 Å². The Morgan fingerprint density at radius 3 is 2.77 bits per heavy atom. The predicted octanol–water partition coefficient (Wildman–Crippen LogP) is 3.54. The van der Waals surface area contributed by atoms with Crippen molar-refractivity contribution in [2.24, 2.45) is 0 Å². The summed E-state index contributed by atoms with van der Waals surface area (Å²) in [5.41, 5.74) is 1.98. The number of hydrogen-bond acceptors (Lipinski definition) is 3. The Hall–Kier alpha value is -2.89. The second-order valence-corrected chi connectivity index (χ2v) is 6.04. The molecule has 0 aliphatic carbocycles. The number of nitrogens with one attached hydrogen (secondary N) is 1. The van der Waals surface area contributed by atoms with E-state index < -0.39 is 0 Å². The molecule has 1 N–H and O–H groups in total. The number of imidazole rings is 1. The molecule has 1 heterocycles. The van der Waals surface area contributed by atoms with E-state index >= 15 is 0 Å². The number of rotatable bonds is 9. The van der Waals surface area contributed by atoms with Crippen LogP contribution in [0.4, 0.5) is 4.39 Å². The standard InChI is InChI=1S/C20H22FN3O2/c21-16-7-9-17(10-8-16)26-14-4-3-12-22-20(25)11-13-24-15-23-18-5-1-2-6-19(18)24/h1-2,5-10,15H,3-4,11-14H2,(H,22,25). The molecular formula is C20H22FN3O2. The number of aryl methyl sites for hydroxylation is 1. The topological polar surface area (TPSA) is 56.2 Å². The van der Waals surface area contributed by atoms with E-state index in [0.717, 1.165) is 23.9 Å². The lowest BCUT2D eigenvalue weighted by Gasteiger charge is -2.08. The molecule has 6 heteroatoms. The average Bonchev–Trinajstić information content (AvgIpc) is 3.07. The molecule has 1 amide bonds. The number of ether oxygens (including phenoxy) is 1. The van der Waals surface area contributed by atoms with Crippen LogP contribution in [0.3, 0.4) is 0 Å². The molecule has 0 aliphatic rings. The van der Waals surface area contributed by atoms with Gasteiger partial charge in [0.2, 0.25) is 5.91 Å². The highest BCUT2D eigenvalue weighted by Gasteiger charge is 2.05. The molecule has 0 fully saturated rings. The Kier molecular flexibility index (Phi) is 6.19. The monoisotopic (exact) mass is 355 g/mol. The molecule has 0 radical (unpaired) electrons. The van der Waals surface area contributed by atoms with E-state index in [4.69, 9.17) is 4.74 Å². The van der Waals surface area contributed by atoms with Gasteiger partial charge >= 0.3 is 0 Å². The molecule has 0 saturated heterocycles. The van der Waals surface area contributed by atoms with Gasteiger partial charge in [0.1, 0.15) is 11.6 Å². The summed E-state index contributed by atoms with van der Waals surface area (Å²) in [6, 6.07) is 13.8. The van der Waals surface area contributed by atoms with E-state index in [9.17, 15) is 9.18 Å². The number of para-hydroxylation sites is 2. The number of aromatic nitrogens is 2. The third kappa shape index (κ3) is 5.05. The highest BCUT2D eigenvalue weighted by atomic mass is 19.1.